The van der Waals surface area contributed by atoms with Crippen molar-refractivity contribution in [3.05, 3.63) is 76.1 Å². The van der Waals surface area contributed by atoms with Gasteiger partial charge < -0.3 is 26.8 Å². The van der Waals surface area contributed by atoms with Crippen molar-refractivity contribution in [3.8, 4) is 0 Å². The molecule has 19 heteroatoms. The second kappa shape index (κ2) is 11.4. The van der Waals surface area contributed by atoms with Crippen LogP contribution in [0.25, 0.3) is 0 Å². The molecule has 0 saturated heterocycles. The predicted molar refractivity (Wildman–Crippen MR) is 157 cm³/mol. The highest BCUT2D eigenvalue weighted by Crippen LogP contribution is 2.40. The molecule has 0 unspecified atom stereocenters. The maximum Gasteiger partial charge on any atom is 0.296 e. The molecule has 0 atom stereocenters. The van der Waals surface area contributed by atoms with Crippen LogP contribution in [-0.2, 0) is 20.2 Å². The van der Waals surface area contributed by atoms with Gasteiger partial charge in [0.1, 0.15) is 9.79 Å². The quantitative estimate of drug-likeness (QED) is 0.0881. The first-order valence-electron chi connectivity index (χ1n) is 12.2. The number of aliphatic hydroxyl groups excluding tert-OH is 1. The maximum absolute atomic E-state index is 13.5. The van der Waals surface area contributed by atoms with E-state index < -0.39 is 52.8 Å². The number of carbonyl (C=O) groups excluding carboxylic acids is 2. The number of anilines is 6. The number of nitrogen functional groups attached to an aromatic ring is 1. The average Bonchev–Trinajstić information content (AvgIpc) is 2.94. The van der Waals surface area contributed by atoms with Gasteiger partial charge in [-0.15, -0.1) is 0 Å². The third kappa shape index (κ3) is 5.89. The Labute approximate surface area is 253 Å². The zero-order chi connectivity index (χ0) is 32.0. The van der Waals surface area contributed by atoms with E-state index in [9.17, 15) is 35.5 Å². The smallest absolute Gasteiger partial charge is 0.296 e. The molecule has 8 N–H and O–H groups in total. The number of rotatable bonds is 9. The van der Waals surface area contributed by atoms with Crippen LogP contribution < -0.4 is 21.7 Å². The van der Waals surface area contributed by atoms with Gasteiger partial charge in [0.15, 0.2) is 11.6 Å². The molecule has 4 aromatic rings. The fourth-order valence-corrected chi connectivity index (χ4v) is 5.93. The Morgan fingerprint density at radius 2 is 1.39 bits per heavy atom. The van der Waals surface area contributed by atoms with Gasteiger partial charge in [-0.25, -0.2) is 0 Å². The highest BCUT2D eigenvalue weighted by Gasteiger charge is 2.36. The molecule has 0 spiro atoms. The van der Waals surface area contributed by atoms with Crippen molar-refractivity contribution in [3.63, 3.8) is 0 Å². The number of hydrogen-bond acceptors (Lipinski definition) is 14. The van der Waals surface area contributed by atoms with Crippen molar-refractivity contribution in [2.75, 3.05) is 34.8 Å². The summed E-state index contributed by atoms with van der Waals surface area (Å²) in [5.41, 5.74) is 3.87. The lowest BCUT2D eigenvalue weighted by Gasteiger charge is -2.24. The van der Waals surface area contributed by atoms with Crippen LogP contribution in [0, 0.1) is 0 Å². The molecule has 0 saturated carbocycles. The average molecular weight is 662 g/mol. The van der Waals surface area contributed by atoms with Crippen molar-refractivity contribution in [1.82, 2.24) is 15.0 Å². The third-order valence-corrected chi connectivity index (χ3v) is 8.22. The van der Waals surface area contributed by atoms with Crippen molar-refractivity contribution >= 4 is 78.0 Å². The Balaban J connectivity index is 1.62. The van der Waals surface area contributed by atoms with E-state index in [1.807, 2.05) is 0 Å². The number of aliphatic hydroxyl groups is 1. The van der Waals surface area contributed by atoms with Crippen LogP contribution in [0.1, 0.15) is 31.8 Å². The first-order chi connectivity index (χ1) is 20.7. The number of ketones is 2. The molecule has 0 fully saturated rings. The number of aromatic nitrogens is 3. The monoisotopic (exact) mass is 661 g/mol. The molecule has 44 heavy (non-hydrogen) atoms. The van der Waals surface area contributed by atoms with Crippen LogP contribution >= 0.6 is 11.6 Å². The third-order valence-electron chi connectivity index (χ3n) is 6.27. The second-order valence-corrected chi connectivity index (χ2v) is 12.2. The van der Waals surface area contributed by atoms with E-state index in [-0.39, 0.29) is 64.1 Å². The van der Waals surface area contributed by atoms with Gasteiger partial charge in [0.2, 0.25) is 17.2 Å². The summed E-state index contributed by atoms with van der Waals surface area (Å²) < 4.78 is 68.9. The lowest BCUT2D eigenvalue weighted by molar-refractivity contribution is 0.0980. The summed E-state index contributed by atoms with van der Waals surface area (Å²) in [6, 6.07) is 10.0. The lowest BCUT2D eigenvalue weighted by Crippen LogP contribution is -2.25. The van der Waals surface area contributed by atoms with Crippen molar-refractivity contribution in [2.24, 2.45) is 0 Å². The van der Waals surface area contributed by atoms with E-state index in [2.05, 4.69) is 30.9 Å². The Morgan fingerprint density at radius 1 is 0.773 bits per heavy atom. The zero-order valence-electron chi connectivity index (χ0n) is 21.9. The number of carbonyl (C=O) groups is 2. The molecule has 0 bridgehead atoms. The summed E-state index contributed by atoms with van der Waals surface area (Å²) in [6.07, 6.45) is 0. The minimum Gasteiger partial charge on any atom is -0.397 e. The van der Waals surface area contributed by atoms with Gasteiger partial charge in [0.05, 0.1) is 34.8 Å². The summed E-state index contributed by atoms with van der Waals surface area (Å²) in [5, 5.41) is 16.7. The Morgan fingerprint density at radius 3 is 2.00 bits per heavy atom. The number of nitrogens with two attached hydrogens (primary N) is 1. The lowest BCUT2D eigenvalue weighted by atomic mass is 9.82. The topological polar surface area (TPSA) is 264 Å². The van der Waals surface area contributed by atoms with Gasteiger partial charge in [-0.3, -0.25) is 18.7 Å². The number of fused-ring (bicyclic) bond motifs is 2. The van der Waals surface area contributed by atoms with Gasteiger partial charge in [-0.2, -0.15) is 31.8 Å². The molecule has 0 radical (unpaired) electrons. The number of nitrogens with one attached hydrogen (secondary N) is 3. The highest BCUT2D eigenvalue weighted by molar-refractivity contribution is 7.86. The predicted octanol–water partition coefficient (Wildman–Crippen LogP) is 2.27. The van der Waals surface area contributed by atoms with Crippen LogP contribution in [0.15, 0.2) is 58.3 Å². The van der Waals surface area contributed by atoms with Crippen LogP contribution in [-0.4, -0.2) is 70.7 Å². The van der Waals surface area contributed by atoms with Crippen LogP contribution in [0.2, 0.25) is 5.28 Å². The summed E-state index contributed by atoms with van der Waals surface area (Å²) in [4.78, 5) is 37.0. The molecular formula is C25H20ClN7O9S2. The molecule has 0 aliphatic heterocycles. The van der Waals surface area contributed by atoms with E-state index in [0.29, 0.717) is 0 Å². The number of benzene rings is 3. The van der Waals surface area contributed by atoms with E-state index in [1.54, 1.807) is 0 Å². The molecule has 1 aliphatic carbocycles. The molecule has 16 nitrogen and oxygen atoms in total. The summed E-state index contributed by atoms with van der Waals surface area (Å²) in [7, 11) is -9.96. The van der Waals surface area contributed by atoms with E-state index >= 15 is 0 Å². The van der Waals surface area contributed by atoms with Gasteiger partial charge in [0, 0.05) is 23.4 Å². The Kier molecular flexibility index (Phi) is 7.97. The Bertz CT molecular complexity index is 2090. The standard InChI is InChI=1S/C25H20ClN7O9S2/c26-23-31-24(28-7-8-34)33-25(32-23)30-14-6-5-11(9-16(14)43(37,38)39)29-15-10-17(44(40,41)42)20(27)19-18(15)21(35)12-3-1-2-4-13(12)22(19)36/h1-6,9-10,29,34H,7-8,27H2,(H,37,38,39)(H,40,41,42)(H2,28,30,31,32,33). The molecule has 1 aromatic heterocycles. The summed E-state index contributed by atoms with van der Waals surface area (Å²) >= 11 is 5.90. The van der Waals surface area contributed by atoms with Crippen molar-refractivity contribution in [1.29, 1.82) is 0 Å². The molecule has 3 aromatic carbocycles. The van der Waals surface area contributed by atoms with E-state index in [1.165, 1.54) is 36.4 Å². The Hall–Kier alpha value is -4.72. The fourth-order valence-electron chi connectivity index (χ4n) is 4.45. The first-order valence-corrected chi connectivity index (χ1v) is 15.5. The SMILES string of the molecule is Nc1c(S(=O)(=O)O)cc(Nc2ccc(Nc3nc(Cl)nc(NCCO)n3)c(S(=O)(=O)O)c2)c2c1C(=O)c1ccccc1C2=O. The fraction of sp³-hybridized carbons (Fsp3) is 0.0800. The first kappa shape index (κ1) is 30.7. The maximum atomic E-state index is 13.5. The highest BCUT2D eigenvalue weighted by atomic mass is 35.5. The second-order valence-electron chi connectivity index (χ2n) is 9.10. The minimum absolute atomic E-state index is 0.00841. The molecular weight excluding hydrogens is 642 g/mol. The summed E-state index contributed by atoms with van der Waals surface area (Å²) in [6.45, 7) is -0.174. The summed E-state index contributed by atoms with van der Waals surface area (Å²) in [5.74, 6) is -1.75. The van der Waals surface area contributed by atoms with Crippen LogP contribution in [0.5, 0.6) is 0 Å². The normalized spacial score (nSPS) is 12.8. The van der Waals surface area contributed by atoms with Crippen LogP contribution in [0.3, 0.4) is 0 Å². The zero-order valence-corrected chi connectivity index (χ0v) is 24.3. The van der Waals surface area contributed by atoms with Crippen LogP contribution in [0.4, 0.5) is 34.6 Å². The number of nitrogens with zero attached hydrogens (tertiary/aromatic N) is 3. The number of halogens is 1. The minimum atomic E-state index is -5.01. The van der Waals surface area contributed by atoms with Gasteiger partial charge in [-0.1, -0.05) is 24.3 Å². The molecule has 228 valence electrons. The largest absolute Gasteiger partial charge is 0.397 e. The molecule has 1 aliphatic rings. The van der Waals surface area contributed by atoms with E-state index in [0.717, 1.165) is 12.1 Å². The van der Waals surface area contributed by atoms with Gasteiger partial charge >= 0.3 is 0 Å². The van der Waals surface area contributed by atoms with Crippen molar-refractivity contribution < 1.29 is 40.6 Å². The molecule has 0 amide bonds. The van der Waals surface area contributed by atoms with Gasteiger partial charge in [0.25, 0.3) is 20.2 Å². The van der Waals surface area contributed by atoms with Crippen molar-refractivity contribution in [2.45, 2.75) is 9.79 Å². The number of hydrogen-bond donors (Lipinski definition) is 7. The molecule has 1 heterocycles. The van der Waals surface area contributed by atoms with E-state index in [4.69, 9.17) is 22.4 Å². The van der Waals surface area contributed by atoms with Gasteiger partial charge in [-0.05, 0) is 35.9 Å². The molecule has 5 rings (SSSR count).